The van der Waals surface area contributed by atoms with Crippen molar-refractivity contribution in [2.24, 2.45) is 0 Å². The Bertz CT molecular complexity index is 1420. The minimum atomic E-state index is -0.700. The molecule has 1 aliphatic heterocycles. The van der Waals surface area contributed by atoms with Gasteiger partial charge in [-0.1, -0.05) is 42.0 Å². The molecule has 3 aromatic rings. The lowest BCUT2D eigenvalue weighted by Crippen LogP contribution is -2.42. The van der Waals surface area contributed by atoms with Gasteiger partial charge in [-0.2, -0.15) is 0 Å². The van der Waals surface area contributed by atoms with Gasteiger partial charge in [0.25, 0.3) is 11.5 Å². The fourth-order valence-electron chi connectivity index (χ4n) is 4.65. The monoisotopic (exact) mass is 488 g/mol. The fourth-order valence-corrected chi connectivity index (χ4v) is 4.65. The van der Waals surface area contributed by atoms with Crippen LogP contribution in [0.2, 0.25) is 0 Å². The Morgan fingerprint density at radius 1 is 1.06 bits per heavy atom. The van der Waals surface area contributed by atoms with E-state index >= 15 is 0 Å². The van der Waals surface area contributed by atoms with Crippen molar-refractivity contribution in [1.82, 2.24) is 9.55 Å². The summed E-state index contributed by atoms with van der Waals surface area (Å²) in [6.07, 6.45) is 7.04. The van der Waals surface area contributed by atoms with Gasteiger partial charge < -0.3 is 20.1 Å². The van der Waals surface area contributed by atoms with Crippen LogP contribution in [0.1, 0.15) is 48.0 Å². The molecule has 0 bridgehead atoms. The number of allylic oxidation sites excluding steroid dienone is 1. The van der Waals surface area contributed by atoms with Crippen molar-refractivity contribution >= 4 is 17.4 Å². The molecule has 0 saturated heterocycles. The average Bonchev–Trinajstić information content (AvgIpc) is 3.37. The predicted octanol–water partition coefficient (Wildman–Crippen LogP) is 3.43. The smallest absolute Gasteiger partial charge is 0.330 e. The largest absolute Gasteiger partial charge is 0.454 e. The van der Waals surface area contributed by atoms with Crippen LogP contribution in [0.25, 0.3) is 0 Å². The molecule has 9 nitrogen and oxygen atoms in total. The summed E-state index contributed by atoms with van der Waals surface area (Å²) < 4.78 is 12.1. The molecule has 36 heavy (non-hydrogen) atoms. The molecule has 0 spiro atoms. The molecule has 0 saturated carbocycles. The maximum atomic E-state index is 13.8. The second kappa shape index (κ2) is 10.2. The fraction of sp³-hybridized carbons (Fsp3) is 0.296. The van der Waals surface area contributed by atoms with Gasteiger partial charge in [-0.05, 0) is 55.9 Å². The van der Waals surface area contributed by atoms with Crippen molar-refractivity contribution in [2.45, 2.75) is 38.6 Å². The highest BCUT2D eigenvalue weighted by Crippen LogP contribution is 2.33. The van der Waals surface area contributed by atoms with Gasteiger partial charge in [-0.25, -0.2) is 4.79 Å². The molecule has 0 fully saturated rings. The number of carbonyl (C=O) groups excluding carboxylic acids is 1. The third-order valence-corrected chi connectivity index (χ3v) is 6.57. The summed E-state index contributed by atoms with van der Waals surface area (Å²) in [5.74, 6) is 0.553. The number of carbonyl (C=O) groups is 1. The Hall–Kier alpha value is -4.27. The zero-order valence-electron chi connectivity index (χ0n) is 19.9. The number of fused-ring (bicyclic) bond motifs is 1. The third-order valence-electron chi connectivity index (χ3n) is 6.57. The zero-order chi connectivity index (χ0) is 25.1. The first-order chi connectivity index (χ1) is 17.5. The highest BCUT2D eigenvalue weighted by atomic mass is 16.7. The lowest BCUT2D eigenvalue weighted by atomic mass is 9.97. The number of nitrogen functional groups attached to an aromatic ring is 1. The number of nitrogens with two attached hydrogens (primary N) is 1. The molecule has 5 rings (SSSR count). The minimum absolute atomic E-state index is 0.0374. The molecular weight excluding hydrogens is 460 g/mol. The number of hydrogen-bond acceptors (Lipinski definition) is 6. The number of benzene rings is 2. The van der Waals surface area contributed by atoms with Crippen molar-refractivity contribution in [3.05, 3.63) is 92.1 Å². The molecule has 2 heterocycles. The molecule has 186 valence electrons. The van der Waals surface area contributed by atoms with Crippen LogP contribution in [0.15, 0.2) is 69.8 Å². The summed E-state index contributed by atoms with van der Waals surface area (Å²) in [5.41, 5.74) is 7.49. The van der Waals surface area contributed by atoms with Crippen LogP contribution >= 0.6 is 0 Å². The Morgan fingerprint density at radius 3 is 2.64 bits per heavy atom. The third kappa shape index (κ3) is 4.77. The van der Waals surface area contributed by atoms with E-state index in [4.69, 9.17) is 15.2 Å². The second-order valence-corrected chi connectivity index (χ2v) is 8.95. The van der Waals surface area contributed by atoms with Crippen molar-refractivity contribution in [3.8, 4) is 11.5 Å². The first-order valence-corrected chi connectivity index (χ1v) is 12.1. The molecule has 1 aliphatic carbocycles. The topological polar surface area (TPSA) is 120 Å². The van der Waals surface area contributed by atoms with Gasteiger partial charge in [0, 0.05) is 12.1 Å². The Balaban J connectivity index is 1.55. The van der Waals surface area contributed by atoms with Gasteiger partial charge >= 0.3 is 5.69 Å². The maximum absolute atomic E-state index is 13.8. The molecule has 0 unspecified atom stereocenters. The van der Waals surface area contributed by atoms with E-state index in [9.17, 15) is 14.4 Å². The number of amides is 1. The van der Waals surface area contributed by atoms with Crippen LogP contribution in [-0.4, -0.2) is 28.8 Å². The molecule has 3 N–H and O–H groups in total. The molecule has 0 atom stereocenters. The van der Waals surface area contributed by atoms with Crippen LogP contribution in [0, 0.1) is 0 Å². The van der Waals surface area contributed by atoms with Crippen molar-refractivity contribution in [3.63, 3.8) is 0 Å². The van der Waals surface area contributed by atoms with Crippen LogP contribution in [-0.2, 0) is 6.54 Å². The van der Waals surface area contributed by atoms with Crippen molar-refractivity contribution in [2.75, 3.05) is 24.0 Å². The molecule has 0 radical (unpaired) electrons. The van der Waals surface area contributed by atoms with Crippen LogP contribution in [0.5, 0.6) is 11.5 Å². The zero-order valence-corrected chi connectivity index (χ0v) is 19.9. The molecule has 2 aromatic carbocycles. The van der Waals surface area contributed by atoms with Gasteiger partial charge in [0.2, 0.25) is 6.79 Å². The Labute approximate surface area is 207 Å². The number of ether oxygens (including phenoxy) is 2. The lowest BCUT2D eigenvalue weighted by molar-refractivity contribution is 0.0986. The van der Waals surface area contributed by atoms with E-state index in [0.29, 0.717) is 23.5 Å². The first-order valence-electron chi connectivity index (χ1n) is 12.1. The van der Waals surface area contributed by atoms with Crippen LogP contribution in [0.4, 0.5) is 11.5 Å². The maximum Gasteiger partial charge on any atom is 0.330 e. The quantitative estimate of drug-likeness (QED) is 0.492. The Morgan fingerprint density at radius 2 is 1.86 bits per heavy atom. The average molecular weight is 489 g/mol. The molecular formula is C27H28N4O5. The van der Waals surface area contributed by atoms with Crippen molar-refractivity contribution < 1.29 is 14.3 Å². The van der Waals surface area contributed by atoms with E-state index in [0.717, 1.165) is 31.2 Å². The number of nitrogens with zero attached hydrogens (tertiary/aromatic N) is 2. The normalized spacial score (nSPS) is 14.4. The van der Waals surface area contributed by atoms with Gasteiger partial charge in [0.05, 0.1) is 6.54 Å². The number of hydrogen-bond donors (Lipinski definition) is 2. The van der Waals surface area contributed by atoms with E-state index in [-0.39, 0.29) is 31.4 Å². The number of H-pyrrole nitrogens is 1. The van der Waals surface area contributed by atoms with E-state index in [1.165, 1.54) is 15.0 Å². The summed E-state index contributed by atoms with van der Waals surface area (Å²) in [6.45, 7) is 0.490. The number of aromatic amines is 1. The van der Waals surface area contributed by atoms with Crippen molar-refractivity contribution in [1.29, 1.82) is 0 Å². The standard InChI is InChI=1S/C27H28N4O5/c28-24-23(25(32)29-27(34)31(24)16-19-9-5-2-6-10-19)30(14-13-18-7-3-1-4-8-18)26(33)20-11-12-21-22(15-20)36-17-35-21/h2,5-7,9-12,15H,1,3-4,8,13-14,16-17,28H2,(H,29,32,34). The Kier molecular flexibility index (Phi) is 6.62. The SMILES string of the molecule is Nc1c(N(CCC2=CCCCC2)C(=O)c2ccc3c(c2)OCO3)c(=O)[nH]c(=O)n1Cc1ccccc1. The summed E-state index contributed by atoms with van der Waals surface area (Å²) in [5, 5.41) is 0. The number of aromatic nitrogens is 2. The summed E-state index contributed by atoms with van der Waals surface area (Å²) >= 11 is 0. The van der Waals surface area contributed by atoms with Gasteiger partial charge in [-0.15, -0.1) is 0 Å². The highest BCUT2D eigenvalue weighted by Gasteiger charge is 2.27. The van der Waals surface area contributed by atoms with Gasteiger partial charge in [0.1, 0.15) is 5.82 Å². The number of anilines is 2. The van der Waals surface area contributed by atoms with Gasteiger partial charge in [0.15, 0.2) is 17.2 Å². The molecule has 9 heteroatoms. The minimum Gasteiger partial charge on any atom is -0.454 e. The predicted molar refractivity (Wildman–Crippen MR) is 137 cm³/mol. The van der Waals surface area contributed by atoms with E-state index in [1.807, 2.05) is 30.3 Å². The summed E-state index contributed by atoms with van der Waals surface area (Å²) in [6, 6.07) is 14.2. The molecule has 1 amide bonds. The number of rotatable bonds is 7. The highest BCUT2D eigenvalue weighted by molar-refractivity contribution is 6.07. The van der Waals surface area contributed by atoms with Crippen LogP contribution < -0.4 is 31.4 Å². The number of nitrogens with one attached hydrogen (secondary N) is 1. The summed E-state index contributed by atoms with van der Waals surface area (Å²) in [7, 11) is 0. The van der Waals surface area contributed by atoms with Gasteiger partial charge in [-0.3, -0.25) is 19.1 Å². The van der Waals surface area contributed by atoms with E-state index in [2.05, 4.69) is 11.1 Å². The first kappa shape index (κ1) is 23.5. The van der Waals surface area contributed by atoms with Crippen LogP contribution in [0.3, 0.4) is 0 Å². The molecule has 2 aliphatic rings. The van der Waals surface area contributed by atoms with E-state index < -0.39 is 17.2 Å². The second-order valence-electron chi connectivity index (χ2n) is 8.95. The summed E-state index contributed by atoms with van der Waals surface area (Å²) in [4.78, 5) is 43.3. The molecule has 1 aromatic heterocycles. The van der Waals surface area contributed by atoms with E-state index in [1.54, 1.807) is 18.2 Å². The lowest BCUT2D eigenvalue weighted by Gasteiger charge is -2.26.